The third-order valence-electron chi connectivity index (χ3n) is 3.38. The van der Waals surface area contributed by atoms with Crippen LogP contribution >= 0.6 is 0 Å². The fraction of sp³-hybridized carbons (Fsp3) is 0.429. The molecule has 0 aliphatic carbocycles. The molecule has 1 N–H and O–H groups in total. The Morgan fingerprint density at radius 1 is 1.40 bits per heavy atom. The van der Waals surface area contributed by atoms with Crippen molar-refractivity contribution in [1.82, 2.24) is 20.4 Å². The Labute approximate surface area is 116 Å². The summed E-state index contributed by atoms with van der Waals surface area (Å²) in [6, 6.07) is 6.53. The predicted octanol–water partition coefficient (Wildman–Crippen LogP) is 1.67. The minimum absolute atomic E-state index is 0.275. The Kier molecular flexibility index (Phi) is 3.75. The second-order valence-corrected chi connectivity index (χ2v) is 5.11. The molecule has 2 heterocycles. The largest absolute Gasteiger partial charge is 0.334 e. The van der Waals surface area contributed by atoms with Gasteiger partial charge in [-0.2, -0.15) is 4.98 Å². The third-order valence-corrected chi connectivity index (χ3v) is 3.38. The topological polar surface area (TPSA) is 54.2 Å². The minimum Gasteiger partial charge on any atom is -0.334 e. The van der Waals surface area contributed by atoms with Crippen LogP contribution in [0.25, 0.3) is 11.5 Å². The number of nitrogens with one attached hydrogen (secondary N) is 1. The zero-order valence-corrected chi connectivity index (χ0v) is 11.3. The van der Waals surface area contributed by atoms with E-state index in [1.807, 2.05) is 0 Å². The van der Waals surface area contributed by atoms with E-state index in [2.05, 4.69) is 27.3 Å². The molecule has 1 aromatic carbocycles. The maximum Gasteiger partial charge on any atom is 0.257 e. The highest BCUT2D eigenvalue weighted by atomic mass is 19.1. The van der Waals surface area contributed by atoms with E-state index >= 15 is 0 Å². The quantitative estimate of drug-likeness (QED) is 0.924. The van der Waals surface area contributed by atoms with Crippen LogP contribution < -0.4 is 5.32 Å². The van der Waals surface area contributed by atoms with E-state index in [1.54, 1.807) is 12.1 Å². The standard InChI is InChI=1S/C14H17FN4O/c1-10-8-19(7-6-16-10)9-13-17-14(20-18-13)11-2-4-12(15)5-3-11/h2-5,10,16H,6-9H2,1H3. The first-order valence-electron chi connectivity index (χ1n) is 6.75. The molecule has 1 aromatic heterocycles. The summed E-state index contributed by atoms with van der Waals surface area (Å²) in [7, 11) is 0. The first kappa shape index (κ1) is 13.2. The average molecular weight is 276 g/mol. The number of hydrogen-bond acceptors (Lipinski definition) is 5. The maximum absolute atomic E-state index is 12.9. The van der Waals surface area contributed by atoms with Crippen LogP contribution in [-0.4, -0.2) is 40.7 Å². The fourth-order valence-corrected chi connectivity index (χ4v) is 2.38. The van der Waals surface area contributed by atoms with Gasteiger partial charge < -0.3 is 9.84 Å². The summed E-state index contributed by atoms with van der Waals surface area (Å²) in [4.78, 5) is 6.66. The van der Waals surface area contributed by atoms with Gasteiger partial charge in [-0.3, -0.25) is 4.90 Å². The van der Waals surface area contributed by atoms with Crippen molar-refractivity contribution in [3.05, 3.63) is 35.9 Å². The number of piperazine rings is 1. The normalized spacial score (nSPS) is 20.2. The summed E-state index contributed by atoms with van der Waals surface area (Å²) in [6.45, 7) is 5.76. The van der Waals surface area contributed by atoms with Gasteiger partial charge in [-0.15, -0.1) is 0 Å². The summed E-state index contributed by atoms with van der Waals surface area (Å²) in [5.74, 6) is 0.824. The molecule has 6 heteroatoms. The van der Waals surface area contributed by atoms with Crippen molar-refractivity contribution in [3.8, 4) is 11.5 Å². The number of rotatable bonds is 3. The zero-order valence-electron chi connectivity index (χ0n) is 11.3. The van der Waals surface area contributed by atoms with Gasteiger partial charge in [0.1, 0.15) is 5.82 Å². The van der Waals surface area contributed by atoms with Crippen molar-refractivity contribution in [2.24, 2.45) is 0 Å². The van der Waals surface area contributed by atoms with Gasteiger partial charge in [0.15, 0.2) is 5.82 Å². The maximum atomic E-state index is 12.9. The molecule has 0 saturated carbocycles. The fourth-order valence-electron chi connectivity index (χ4n) is 2.38. The van der Waals surface area contributed by atoms with Crippen LogP contribution in [0.3, 0.4) is 0 Å². The van der Waals surface area contributed by atoms with Crippen LogP contribution in [0.1, 0.15) is 12.7 Å². The van der Waals surface area contributed by atoms with Gasteiger partial charge in [0, 0.05) is 31.2 Å². The summed E-state index contributed by atoms with van der Waals surface area (Å²) < 4.78 is 18.1. The second-order valence-electron chi connectivity index (χ2n) is 5.11. The van der Waals surface area contributed by atoms with E-state index < -0.39 is 0 Å². The highest BCUT2D eigenvalue weighted by Gasteiger charge is 2.18. The lowest BCUT2D eigenvalue weighted by molar-refractivity contribution is 0.193. The minimum atomic E-state index is -0.275. The van der Waals surface area contributed by atoms with Crippen LogP contribution in [0.2, 0.25) is 0 Å². The molecule has 1 aliphatic rings. The molecular formula is C14H17FN4O. The Morgan fingerprint density at radius 3 is 2.95 bits per heavy atom. The molecule has 1 aliphatic heterocycles. The van der Waals surface area contributed by atoms with Gasteiger partial charge in [-0.25, -0.2) is 4.39 Å². The van der Waals surface area contributed by atoms with Crippen molar-refractivity contribution in [2.75, 3.05) is 19.6 Å². The molecule has 2 aromatic rings. The molecule has 106 valence electrons. The summed E-state index contributed by atoms with van der Waals surface area (Å²) >= 11 is 0. The lowest BCUT2D eigenvalue weighted by Gasteiger charge is -2.30. The molecule has 0 spiro atoms. The van der Waals surface area contributed by atoms with Gasteiger partial charge in [0.25, 0.3) is 5.89 Å². The van der Waals surface area contributed by atoms with Gasteiger partial charge in [0.05, 0.1) is 6.54 Å². The third kappa shape index (κ3) is 3.02. The first-order valence-corrected chi connectivity index (χ1v) is 6.75. The highest BCUT2D eigenvalue weighted by Crippen LogP contribution is 2.18. The molecular weight excluding hydrogens is 259 g/mol. The van der Waals surface area contributed by atoms with Crippen LogP contribution in [0.15, 0.2) is 28.8 Å². The lowest BCUT2D eigenvalue weighted by Crippen LogP contribution is -2.48. The molecule has 20 heavy (non-hydrogen) atoms. The Balaban J connectivity index is 1.69. The molecule has 0 amide bonds. The number of aromatic nitrogens is 2. The Bertz CT molecular complexity index is 569. The molecule has 1 fully saturated rings. The Morgan fingerprint density at radius 2 is 2.20 bits per heavy atom. The van der Waals surface area contributed by atoms with Gasteiger partial charge in [-0.05, 0) is 31.2 Å². The zero-order chi connectivity index (χ0) is 13.9. The number of nitrogens with zero attached hydrogens (tertiary/aromatic N) is 3. The smallest absolute Gasteiger partial charge is 0.257 e. The van der Waals surface area contributed by atoms with E-state index in [0.29, 0.717) is 24.3 Å². The van der Waals surface area contributed by atoms with Crippen LogP contribution in [0.5, 0.6) is 0 Å². The summed E-state index contributed by atoms with van der Waals surface area (Å²) in [5.41, 5.74) is 0.735. The Hall–Kier alpha value is -1.79. The summed E-state index contributed by atoms with van der Waals surface area (Å²) in [6.07, 6.45) is 0. The SMILES string of the molecule is CC1CN(Cc2noc(-c3ccc(F)cc3)n2)CCN1. The predicted molar refractivity (Wildman–Crippen MR) is 72.4 cm³/mol. The van der Waals surface area contributed by atoms with Gasteiger partial charge >= 0.3 is 0 Å². The van der Waals surface area contributed by atoms with E-state index in [1.165, 1.54) is 12.1 Å². The molecule has 1 unspecified atom stereocenters. The van der Waals surface area contributed by atoms with E-state index in [-0.39, 0.29) is 5.82 Å². The molecule has 0 radical (unpaired) electrons. The van der Waals surface area contributed by atoms with Crippen molar-refractivity contribution >= 4 is 0 Å². The molecule has 1 saturated heterocycles. The lowest BCUT2D eigenvalue weighted by atomic mass is 10.2. The second kappa shape index (κ2) is 5.68. The van der Waals surface area contributed by atoms with Crippen LogP contribution in [0.4, 0.5) is 4.39 Å². The van der Waals surface area contributed by atoms with Crippen molar-refractivity contribution in [3.63, 3.8) is 0 Å². The van der Waals surface area contributed by atoms with E-state index in [4.69, 9.17) is 4.52 Å². The van der Waals surface area contributed by atoms with E-state index in [9.17, 15) is 4.39 Å². The molecule has 0 bridgehead atoms. The molecule has 1 atom stereocenters. The highest BCUT2D eigenvalue weighted by molar-refractivity contribution is 5.52. The molecule has 3 rings (SSSR count). The number of hydrogen-bond donors (Lipinski definition) is 1. The summed E-state index contributed by atoms with van der Waals surface area (Å²) in [5, 5.41) is 7.38. The first-order chi connectivity index (χ1) is 9.70. The number of benzene rings is 1. The van der Waals surface area contributed by atoms with Crippen molar-refractivity contribution < 1.29 is 8.91 Å². The van der Waals surface area contributed by atoms with E-state index in [0.717, 1.165) is 25.2 Å². The van der Waals surface area contributed by atoms with Crippen LogP contribution in [0, 0.1) is 5.82 Å². The van der Waals surface area contributed by atoms with Crippen molar-refractivity contribution in [2.45, 2.75) is 19.5 Å². The van der Waals surface area contributed by atoms with Crippen LogP contribution in [-0.2, 0) is 6.54 Å². The molecule has 5 nitrogen and oxygen atoms in total. The van der Waals surface area contributed by atoms with Gasteiger partial charge in [0.2, 0.25) is 0 Å². The van der Waals surface area contributed by atoms with Gasteiger partial charge in [-0.1, -0.05) is 5.16 Å². The number of halogens is 1. The monoisotopic (exact) mass is 276 g/mol. The van der Waals surface area contributed by atoms with Crippen molar-refractivity contribution in [1.29, 1.82) is 0 Å². The average Bonchev–Trinajstić information content (AvgIpc) is 2.88.